The van der Waals surface area contributed by atoms with E-state index in [0.29, 0.717) is 6.92 Å². The molecule has 20 heavy (non-hydrogen) atoms. The van der Waals surface area contributed by atoms with Crippen LogP contribution in [0.15, 0.2) is 0 Å². The second kappa shape index (κ2) is 7.11. The molecule has 0 saturated carbocycles. The van der Waals surface area contributed by atoms with Crippen LogP contribution in [0.4, 0.5) is 13.2 Å². The summed E-state index contributed by atoms with van der Waals surface area (Å²) in [6.45, 7) is 2.13. The first-order valence-corrected chi connectivity index (χ1v) is 5.66. The summed E-state index contributed by atoms with van der Waals surface area (Å²) < 4.78 is 47.3. The van der Waals surface area contributed by atoms with Gasteiger partial charge in [-0.3, -0.25) is 14.4 Å². The van der Waals surface area contributed by atoms with Crippen molar-refractivity contribution in [3.63, 3.8) is 0 Å². The quantitative estimate of drug-likeness (QED) is 0.583. The van der Waals surface area contributed by atoms with Gasteiger partial charge in [-0.2, -0.15) is 13.2 Å². The third kappa shape index (κ3) is 5.45. The zero-order valence-electron chi connectivity index (χ0n) is 11.3. The maximum atomic E-state index is 12.9. The number of hydrogen-bond acceptors (Lipinski definition) is 5. The minimum absolute atomic E-state index is 0.00477. The van der Waals surface area contributed by atoms with Crippen molar-refractivity contribution in [2.75, 3.05) is 13.7 Å². The molecule has 1 N–H and O–H groups in total. The van der Waals surface area contributed by atoms with Crippen LogP contribution >= 0.6 is 0 Å². The Morgan fingerprint density at radius 2 is 1.70 bits per heavy atom. The molecule has 0 bridgehead atoms. The smallest absolute Gasteiger partial charge is 0.411 e. The Morgan fingerprint density at radius 1 is 1.15 bits per heavy atom. The van der Waals surface area contributed by atoms with Crippen molar-refractivity contribution in [2.24, 2.45) is 0 Å². The van der Waals surface area contributed by atoms with Crippen LogP contribution in [0.25, 0.3) is 0 Å². The molecule has 0 fully saturated rings. The van der Waals surface area contributed by atoms with E-state index in [9.17, 15) is 27.6 Å². The first kappa shape index (κ1) is 18.2. The minimum atomic E-state index is -4.88. The van der Waals surface area contributed by atoms with Crippen LogP contribution in [0.1, 0.15) is 26.7 Å². The molecule has 0 spiro atoms. The largest absolute Gasteiger partial charge is 0.469 e. The van der Waals surface area contributed by atoms with Gasteiger partial charge in [-0.05, 0) is 13.8 Å². The molecule has 0 aromatic rings. The molecule has 0 saturated heterocycles. The van der Waals surface area contributed by atoms with E-state index in [2.05, 4.69) is 9.47 Å². The number of carbonyl (C=O) groups excluding carboxylic acids is 3. The van der Waals surface area contributed by atoms with Crippen LogP contribution < -0.4 is 5.32 Å². The highest BCUT2D eigenvalue weighted by molar-refractivity contribution is 5.94. The highest BCUT2D eigenvalue weighted by Gasteiger charge is 2.53. The Kier molecular flexibility index (Phi) is 6.47. The van der Waals surface area contributed by atoms with Crippen LogP contribution in [0.3, 0.4) is 0 Å². The number of alkyl halides is 3. The fourth-order valence-corrected chi connectivity index (χ4v) is 1.27. The molecule has 0 aliphatic carbocycles. The Balaban J connectivity index is 4.87. The van der Waals surface area contributed by atoms with Gasteiger partial charge in [-0.25, -0.2) is 0 Å². The number of hydrogen-bond donors (Lipinski definition) is 1. The Labute approximate surface area is 113 Å². The van der Waals surface area contributed by atoms with E-state index in [0.717, 1.165) is 7.11 Å². The highest BCUT2D eigenvalue weighted by Crippen LogP contribution is 2.33. The van der Waals surface area contributed by atoms with Crippen molar-refractivity contribution in [1.82, 2.24) is 5.32 Å². The maximum absolute atomic E-state index is 12.9. The van der Waals surface area contributed by atoms with Crippen molar-refractivity contribution < 1.29 is 37.0 Å². The summed E-state index contributed by atoms with van der Waals surface area (Å²) in [6.07, 6.45) is -6.84. The van der Waals surface area contributed by atoms with Crippen molar-refractivity contribution in [1.29, 1.82) is 0 Å². The lowest BCUT2D eigenvalue weighted by molar-refractivity contribution is -0.200. The minimum Gasteiger partial charge on any atom is -0.469 e. The highest BCUT2D eigenvalue weighted by atomic mass is 19.4. The number of methoxy groups -OCH3 is 1. The van der Waals surface area contributed by atoms with Crippen LogP contribution in [-0.2, 0) is 23.9 Å². The third-order valence-electron chi connectivity index (χ3n) is 2.38. The maximum Gasteiger partial charge on any atom is 0.411 e. The lowest BCUT2D eigenvalue weighted by Crippen LogP contribution is -2.58. The van der Waals surface area contributed by atoms with Crippen LogP contribution in [0.2, 0.25) is 0 Å². The molecule has 9 heteroatoms. The number of carbonyl (C=O) groups is 3. The Hall–Kier alpha value is -1.80. The van der Waals surface area contributed by atoms with Crippen LogP contribution in [-0.4, -0.2) is 43.3 Å². The molecule has 116 valence electrons. The van der Waals surface area contributed by atoms with Gasteiger partial charge >= 0.3 is 18.1 Å². The summed E-state index contributed by atoms with van der Waals surface area (Å²) in [5, 5.41) is 1.62. The Bertz CT molecular complexity index is 383. The fraction of sp³-hybridized carbons (Fsp3) is 0.727. The SMILES string of the molecule is CCOC(=O)CC(=O)NC(C)(CC(=O)OC)C(F)(F)F. The van der Waals surface area contributed by atoms with E-state index < -0.39 is 42.4 Å². The standard InChI is InChI=1S/C11H16F3NO5/c1-4-20-8(17)5-7(16)15-10(2,11(12,13)14)6-9(18)19-3/h4-6H2,1-3H3,(H,15,16). The summed E-state index contributed by atoms with van der Waals surface area (Å²) in [7, 11) is 0.930. The molecule has 1 atom stereocenters. The van der Waals surface area contributed by atoms with E-state index in [1.54, 1.807) is 5.32 Å². The topological polar surface area (TPSA) is 81.7 Å². The average Bonchev–Trinajstić information content (AvgIpc) is 2.26. The number of amides is 1. The molecule has 0 aliphatic heterocycles. The summed E-state index contributed by atoms with van der Waals surface area (Å²) in [6, 6.07) is 0. The monoisotopic (exact) mass is 299 g/mol. The normalized spacial score (nSPS) is 14.1. The lowest BCUT2D eigenvalue weighted by atomic mass is 9.96. The van der Waals surface area contributed by atoms with Crippen molar-refractivity contribution in [2.45, 2.75) is 38.4 Å². The molecule has 0 heterocycles. The van der Waals surface area contributed by atoms with E-state index >= 15 is 0 Å². The third-order valence-corrected chi connectivity index (χ3v) is 2.38. The first-order chi connectivity index (χ1) is 9.05. The molecule has 0 aromatic carbocycles. The molecular formula is C11H16F3NO5. The van der Waals surface area contributed by atoms with E-state index in [1.807, 2.05) is 0 Å². The zero-order chi connectivity index (χ0) is 16.0. The average molecular weight is 299 g/mol. The van der Waals surface area contributed by atoms with E-state index in [-0.39, 0.29) is 6.61 Å². The summed E-state index contributed by atoms with van der Waals surface area (Å²) >= 11 is 0. The summed E-state index contributed by atoms with van der Waals surface area (Å²) in [5.74, 6) is -3.28. The number of ether oxygens (including phenoxy) is 2. The van der Waals surface area contributed by atoms with Gasteiger partial charge in [-0.1, -0.05) is 0 Å². The molecule has 0 rings (SSSR count). The second-order valence-corrected chi connectivity index (χ2v) is 4.11. The van der Waals surface area contributed by atoms with E-state index in [1.165, 1.54) is 6.92 Å². The van der Waals surface area contributed by atoms with Gasteiger partial charge in [0.1, 0.15) is 12.0 Å². The number of halogens is 3. The number of rotatable bonds is 6. The predicted octanol–water partition coefficient (Wildman–Crippen LogP) is 0.940. The molecule has 0 aliphatic rings. The fourth-order valence-electron chi connectivity index (χ4n) is 1.27. The Morgan fingerprint density at radius 3 is 2.10 bits per heavy atom. The molecular weight excluding hydrogens is 283 g/mol. The van der Waals surface area contributed by atoms with Gasteiger partial charge in [0.2, 0.25) is 5.91 Å². The number of esters is 2. The van der Waals surface area contributed by atoms with Gasteiger partial charge in [0, 0.05) is 0 Å². The van der Waals surface area contributed by atoms with Gasteiger partial charge < -0.3 is 14.8 Å². The molecule has 0 radical (unpaired) electrons. The van der Waals surface area contributed by atoms with Gasteiger partial charge in [-0.15, -0.1) is 0 Å². The van der Waals surface area contributed by atoms with Gasteiger partial charge in [0.25, 0.3) is 0 Å². The van der Waals surface area contributed by atoms with Crippen molar-refractivity contribution in [3.8, 4) is 0 Å². The van der Waals surface area contributed by atoms with Crippen LogP contribution in [0, 0.1) is 0 Å². The van der Waals surface area contributed by atoms with Crippen molar-refractivity contribution >= 4 is 17.8 Å². The van der Waals surface area contributed by atoms with Crippen LogP contribution in [0.5, 0.6) is 0 Å². The summed E-state index contributed by atoms with van der Waals surface area (Å²) in [5.41, 5.74) is -2.82. The lowest BCUT2D eigenvalue weighted by Gasteiger charge is -2.31. The molecule has 1 unspecified atom stereocenters. The van der Waals surface area contributed by atoms with Gasteiger partial charge in [0.05, 0.1) is 20.1 Å². The number of nitrogens with one attached hydrogen (secondary N) is 1. The molecule has 6 nitrogen and oxygen atoms in total. The summed E-state index contributed by atoms with van der Waals surface area (Å²) in [4.78, 5) is 33.4. The van der Waals surface area contributed by atoms with Gasteiger partial charge in [0.15, 0.2) is 0 Å². The second-order valence-electron chi connectivity index (χ2n) is 4.11. The molecule has 1 amide bonds. The first-order valence-electron chi connectivity index (χ1n) is 5.66. The molecule has 0 aromatic heterocycles. The van der Waals surface area contributed by atoms with Crippen molar-refractivity contribution in [3.05, 3.63) is 0 Å². The van der Waals surface area contributed by atoms with E-state index in [4.69, 9.17) is 0 Å². The predicted molar refractivity (Wildman–Crippen MR) is 60.5 cm³/mol. The zero-order valence-corrected chi connectivity index (χ0v) is 11.3.